The maximum atomic E-state index is 13.1. The lowest BCUT2D eigenvalue weighted by Gasteiger charge is -2.30. The quantitative estimate of drug-likeness (QED) is 0.767. The van der Waals surface area contributed by atoms with Crippen molar-refractivity contribution in [3.8, 4) is 0 Å². The third kappa shape index (κ3) is 5.19. The van der Waals surface area contributed by atoms with E-state index >= 15 is 0 Å². The van der Waals surface area contributed by atoms with Crippen LogP contribution < -0.4 is 5.32 Å². The number of carbonyl (C=O) groups is 2. The fourth-order valence-corrected chi connectivity index (χ4v) is 3.38. The molecule has 0 spiro atoms. The normalized spacial score (nSPS) is 13.4. The van der Waals surface area contributed by atoms with Crippen molar-refractivity contribution in [2.75, 3.05) is 11.9 Å². The molecule has 1 aromatic carbocycles. The number of hydrogen-bond donors (Lipinski definition) is 1. The second kappa shape index (κ2) is 8.72. The number of hydrogen-bond acceptors (Lipinski definition) is 2. The van der Waals surface area contributed by atoms with Crippen molar-refractivity contribution in [2.45, 2.75) is 59.2 Å². The number of anilines is 1. The Labute approximate surface area is 173 Å². The molecule has 156 valence electrons. The molecule has 1 aliphatic rings. The molecule has 3 amide bonds. The van der Waals surface area contributed by atoms with Crippen LogP contribution in [0, 0.1) is 13.8 Å². The smallest absolute Gasteiger partial charge is 0.322 e. The highest BCUT2D eigenvalue weighted by molar-refractivity contribution is 5.92. The summed E-state index contributed by atoms with van der Waals surface area (Å²) in [6, 6.07) is 9.83. The van der Waals surface area contributed by atoms with E-state index < -0.39 is 0 Å². The Hall–Kier alpha value is -2.76. The molecular weight excluding hydrogens is 364 g/mol. The summed E-state index contributed by atoms with van der Waals surface area (Å²) in [7, 11) is 1.99. The van der Waals surface area contributed by atoms with E-state index in [9.17, 15) is 9.59 Å². The van der Waals surface area contributed by atoms with Gasteiger partial charge in [0.2, 0.25) is 5.91 Å². The Morgan fingerprint density at radius 1 is 1.17 bits per heavy atom. The average molecular weight is 397 g/mol. The minimum absolute atomic E-state index is 0.00219. The summed E-state index contributed by atoms with van der Waals surface area (Å²) in [6.07, 6.45) is 4.06. The molecule has 2 aromatic rings. The van der Waals surface area contributed by atoms with E-state index in [0.29, 0.717) is 6.54 Å². The molecule has 1 aliphatic carbocycles. The lowest BCUT2D eigenvalue weighted by Crippen LogP contribution is -2.48. The van der Waals surface area contributed by atoms with Crippen molar-refractivity contribution < 1.29 is 9.59 Å². The van der Waals surface area contributed by atoms with Crippen LogP contribution in [0.25, 0.3) is 0 Å². The fourth-order valence-electron chi connectivity index (χ4n) is 3.38. The standard InChI is InChI=1S/C23H32N4O2/c1-16(2)26(23(29)24-19-9-8-17(3)18(4)13-19)15-22(28)27(20-10-11-20)14-21-7-6-12-25(21)5/h6-9,12-13,16,20H,10-11,14-15H2,1-5H3,(H,24,29). The minimum atomic E-state index is -0.244. The van der Waals surface area contributed by atoms with Gasteiger partial charge in [0.05, 0.1) is 6.54 Å². The maximum Gasteiger partial charge on any atom is 0.322 e. The van der Waals surface area contributed by atoms with E-state index in [1.54, 1.807) is 4.90 Å². The Morgan fingerprint density at radius 2 is 1.90 bits per heavy atom. The van der Waals surface area contributed by atoms with Crippen LogP contribution in [0.2, 0.25) is 0 Å². The third-order valence-corrected chi connectivity index (χ3v) is 5.64. The predicted molar refractivity (Wildman–Crippen MR) is 116 cm³/mol. The summed E-state index contributed by atoms with van der Waals surface area (Å²) in [5.74, 6) is -0.00219. The molecule has 1 N–H and O–H groups in total. The van der Waals surface area contributed by atoms with Crippen LogP contribution in [0.4, 0.5) is 10.5 Å². The van der Waals surface area contributed by atoms with E-state index in [4.69, 9.17) is 0 Å². The lowest BCUT2D eigenvalue weighted by atomic mass is 10.1. The predicted octanol–water partition coefficient (Wildman–Crippen LogP) is 4.08. The van der Waals surface area contributed by atoms with Crippen LogP contribution in [0.1, 0.15) is 43.5 Å². The molecule has 6 heteroatoms. The van der Waals surface area contributed by atoms with Gasteiger partial charge in [0.25, 0.3) is 0 Å². The molecule has 6 nitrogen and oxygen atoms in total. The highest BCUT2D eigenvalue weighted by atomic mass is 16.2. The monoisotopic (exact) mass is 396 g/mol. The number of aryl methyl sites for hydroxylation is 3. The highest BCUT2D eigenvalue weighted by Crippen LogP contribution is 2.29. The second-order valence-electron chi connectivity index (χ2n) is 8.31. The van der Waals surface area contributed by atoms with Gasteiger partial charge in [-0.15, -0.1) is 0 Å². The molecule has 0 aliphatic heterocycles. The first kappa shape index (κ1) is 21.0. The van der Waals surface area contributed by atoms with Gasteiger partial charge >= 0.3 is 6.03 Å². The van der Waals surface area contributed by atoms with Gasteiger partial charge < -0.3 is 19.7 Å². The van der Waals surface area contributed by atoms with Crippen LogP contribution >= 0.6 is 0 Å². The number of nitrogens with one attached hydrogen (secondary N) is 1. The Morgan fingerprint density at radius 3 is 2.45 bits per heavy atom. The molecule has 0 saturated heterocycles. The first-order valence-corrected chi connectivity index (χ1v) is 10.3. The number of rotatable bonds is 7. The molecule has 0 bridgehead atoms. The molecule has 0 radical (unpaired) electrons. The van der Waals surface area contributed by atoms with Gasteiger partial charge in [0, 0.05) is 36.7 Å². The Kier molecular flexibility index (Phi) is 6.30. The van der Waals surface area contributed by atoms with Crippen LogP contribution in [-0.4, -0.2) is 44.9 Å². The zero-order chi connectivity index (χ0) is 21.1. The number of amides is 3. The Balaban J connectivity index is 1.69. The molecule has 0 unspecified atom stereocenters. The largest absolute Gasteiger partial charge is 0.353 e. The molecule has 29 heavy (non-hydrogen) atoms. The zero-order valence-electron chi connectivity index (χ0n) is 18.1. The first-order valence-electron chi connectivity index (χ1n) is 10.3. The van der Waals surface area contributed by atoms with Crippen LogP contribution in [0.3, 0.4) is 0 Å². The topological polar surface area (TPSA) is 57.6 Å². The lowest BCUT2D eigenvalue weighted by molar-refractivity contribution is -0.133. The van der Waals surface area contributed by atoms with Crippen molar-refractivity contribution in [1.29, 1.82) is 0 Å². The summed E-state index contributed by atoms with van der Waals surface area (Å²) in [5, 5.41) is 2.95. The van der Waals surface area contributed by atoms with E-state index in [2.05, 4.69) is 5.32 Å². The van der Waals surface area contributed by atoms with Gasteiger partial charge in [0.1, 0.15) is 6.54 Å². The molecule has 3 rings (SSSR count). The van der Waals surface area contributed by atoms with E-state index in [1.165, 1.54) is 5.56 Å². The molecule has 1 fully saturated rings. The summed E-state index contributed by atoms with van der Waals surface area (Å²) in [6.45, 7) is 8.59. The third-order valence-electron chi connectivity index (χ3n) is 5.64. The summed E-state index contributed by atoms with van der Waals surface area (Å²) in [4.78, 5) is 29.6. The molecule has 1 heterocycles. The number of carbonyl (C=O) groups excluding carboxylic acids is 2. The van der Waals surface area contributed by atoms with Gasteiger partial charge in [0.15, 0.2) is 0 Å². The van der Waals surface area contributed by atoms with E-state index in [1.807, 2.05) is 80.7 Å². The van der Waals surface area contributed by atoms with Gasteiger partial charge in [-0.25, -0.2) is 4.79 Å². The second-order valence-corrected chi connectivity index (χ2v) is 8.31. The molecular formula is C23H32N4O2. The summed E-state index contributed by atoms with van der Waals surface area (Å²) in [5.41, 5.74) is 4.15. The zero-order valence-corrected chi connectivity index (χ0v) is 18.1. The van der Waals surface area contributed by atoms with Crippen LogP contribution in [0.15, 0.2) is 36.5 Å². The van der Waals surface area contributed by atoms with Crippen LogP contribution in [-0.2, 0) is 18.4 Å². The van der Waals surface area contributed by atoms with Gasteiger partial charge in [-0.2, -0.15) is 0 Å². The van der Waals surface area contributed by atoms with Gasteiger partial charge in [-0.3, -0.25) is 4.79 Å². The summed E-state index contributed by atoms with van der Waals surface area (Å²) < 4.78 is 2.04. The number of urea groups is 1. The number of benzene rings is 1. The van der Waals surface area contributed by atoms with Crippen molar-refractivity contribution in [1.82, 2.24) is 14.4 Å². The maximum absolute atomic E-state index is 13.1. The molecule has 1 saturated carbocycles. The number of aromatic nitrogens is 1. The molecule has 1 aromatic heterocycles. The van der Waals surface area contributed by atoms with Crippen molar-refractivity contribution >= 4 is 17.6 Å². The van der Waals surface area contributed by atoms with Crippen molar-refractivity contribution in [3.63, 3.8) is 0 Å². The van der Waals surface area contributed by atoms with Crippen molar-refractivity contribution in [2.24, 2.45) is 7.05 Å². The Bertz CT molecular complexity index is 883. The fraction of sp³-hybridized carbons (Fsp3) is 0.478. The van der Waals surface area contributed by atoms with Crippen LogP contribution in [0.5, 0.6) is 0 Å². The van der Waals surface area contributed by atoms with E-state index in [0.717, 1.165) is 29.8 Å². The average Bonchev–Trinajstić information content (AvgIpc) is 3.42. The SMILES string of the molecule is Cc1ccc(NC(=O)N(CC(=O)N(Cc2cccn2C)C2CC2)C(C)C)cc1C. The molecule has 0 atom stereocenters. The van der Waals surface area contributed by atoms with E-state index in [-0.39, 0.29) is 30.6 Å². The number of nitrogens with zero attached hydrogens (tertiary/aromatic N) is 3. The van der Waals surface area contributed by atoms with Crippen molar-refractivity contribution in [3.05, 3.63) is 53.3 Å². The van der Waals surface area contributed by atoms with Gasteiger partial charge in [-0.05, 0) is 75.9 Å². The van der Waals surface area contributed by atoms with Gasteiger partial charge in [-0.1, -0.05) is 6.07 Å². The summed E-state index contributed by atoms with van der Waals surface area (Å²) >= 11 is 0. The minimum Gasteiger partial charge on any atom is -0.353 e. The first-order chi connectivity index (χ1) is 13.8. The highest BCUT2D eigenvalue weighted by Gasteiger charge is 2.34.